The van der Waals surface area contributed by atoms with Gasteiger partial charge in [0.1, 0.15) is 5.75 Å². The lowest BCUT2D eigenvalue weighted by atomic mass is 10.1. The molecule has 1 amide bonds. The zero-order chi connectivity index (χ0) is 13.7. The standard InChI is InChI=1S/C14H17NO3S/c16-13(11-4-2-1-3-5-11)8-9-19(18)10-14(17)15-12-6-7-12/h1-5,12H,6-10H2,(H,15,17). The minimum absolute atomic E-state index is 0.00142. The number of rotatable bonds is 7. The van der Waals surface area contributed by atoms with E-state index in [1.165, 1.54) is 0 Å². The Balaban J connectivity index is 1.70. The Hall–Kier alpha value is -1.49. The third-order valence-corrected chi connectivity index (χ3v) is 4.13. The first kappa shape index (κ1) is 13.9. The van der Waals surface area contributed by atoms with Gasteiger partial charge in [0.2, 0.25) is 5.91 Å². The normalized spacial score (nSPS) is 15.8. The van der Waals surface area contributed by atoms with E-state index in [9.17, 15) is 13.8 Å². The molecule has 0 radical (unpaired) electrons. The molecule has 19 heavy (non-hydrogen) atoms. The summed E-state index contributed by atoms with van der Waals surface area (Å²) in [4.78, 5) is 23.2. The zero-order valence-corrected chi connectivity index (χ0v) is 11.4. The van der Waals surface area contributed by atoms with E-state index in [0.717, 1.165) is 12.8 Å². The van der Waals surface area contributed by atoms with Gasteiger partial charge >= 0.3 is 0 Å². The summed E-state index contributed by atoms with van der Waals surface area (Å²) < 4.78 is 11.7. The van der Waals surface area contributed by atoms with Gasteiger partial charge in [-0.15, -0.1) is 0 Å². The summed E-state index contributed by atoms with van der Waals surface area (Å²) in [6.07, 6.45) is 2.25. The number of carbonyl (C=O) groups is 2. The molecule has 2 rings (SSSR count). The van der Waals surface area contributed by atoms with Crippen molar-refractivity contribution >= 4 is 22.5 Å². The second-order valence-electron chi connectivity index (χ2n) is 4.67. The van der Waals surface area contributed by atoms with Gasteiger partial charge in [-0.3, -0.25) is 13.8 Å². The van der Waals surface area contributed by atoms with Crippen LogP contribution in [0.25, 0.3) is 0 Å². The number of carbonyl (C=O) groups excluding carboxylic acids is 2. The van der Waals surface area contributed by atoms with Crippen molar-refractivity contribution in [2.24, 2.45) is 0 Å². The number of hydrogen-bond acceptors (Lipinski definition) is 3. The van der Waals surface area contributed by atoms with Gasteiger partial charge in [0.05, 0.1) is 0 Å². The van der Waals surface area contributed by atoms with Gasteiger partial charge in [0.15, 0.2) is 5.78 Å². The summed E-state index contributed by atoms with van der Waals surface area (Å²) in [5, 5.41) is 2.79. The van der Waals surface area contributed by atoms with E-state index >= 15 is 0 Å². The summed E-state index contributed by atoms with van der Waals surface area (Å²) in [7, 11) is -1.27. The first-order chi connectivity index (χ1) is 9.15. The molecule has 1 aliphatic carbocycles. The molecular weight excluding hydrogens is 262 g/mol. The van der Waals surface area contributed by atoms with E-state index in [0.29, 0.717) is 5.56 Å². The summed E-state index contributed by atoms with van der Waals surface area (Å²) in [6.45, 7) is 0. The van der Waals surface area contributed by atoms with E-state index in [1.807, 2.05) is 6.07 Å². The minimum Gasteiger partial charge on any atom is -0.353 e. The minimum atomic E-state index is -1.27. The fourth-order valence-electron chi connectivity index (χ4n) is 1.69. The summed E-state index contributed by atoms with van der Waals surface area (Å²) in [6, 6.07) is 9.21. The first-order valence-corrected chi connectivity index (χ1v) is 7.86. The van der Waals surface area contributed by atoms with Gasteiger partial charge in [-0.25, -0.2) is 0 Å². The highest BCUT2D eigenvalue weighted by molar-refractivity contribution is 7.85. The first-order valence-electron chi connectivity index (χ1n) is 6.38. The third-order valence-electron chi connectivity index (χ3n) is 2.89. The van der Waals surface area contributed by atoms with Crippen LogP contribution < -0.4 is 5.32 Å². The van der Waals surface area contributed by atoms with Crippen LogP contribution in [0, 0.1) is 0 Å². The Bertz CT molecular complexity index is 483. The van der Waals surface area contributed by atoms with Gasteiger partial charge in [-0.2, -0.15) is 0 Å². The quantitative estimate of drug-likeness (QED) is 0.765. The van der Waals surface area contributed by atoms with Crippen molar-refractivity contribution in [3.05, 3.63) is 35.9 Å². The number of nitrogens with one attached hydrogen (secondary N) is 1. The molecule has 0 heterocycles. The molecule has 1 saturated carbocycles. The van der Waals surface area contributed by atoms with E-state index in [1.54, 1.807) is 24.3 Å². The monoisotopic (exact) mass is 279 g/mol. The molecule has 1 unspecified atom stereocenters. The lowest BCUT2D eigenvalue weighted by molar-refractivity contribution is -0.118. The lowest BCUT2D eigenvalue weighted by Gasteiger charge is -2.03. The zero-order valence-electron chi connectivity index (χ0n) is 10.6. The number of hydrogen-bond donors (Lipinski definition) is 1. The second kappa shape index (κ2) is 6.61. The predicted molar refractivity (Wildman–Crippen MR) is 74.4 cm³/mol. The molecule has 1 aromatic rings. The summed E-state index contributed by atoms with van der Waals surface area (Å²) in [5.41, 5.74) is 0.627. The summed E-state index contributed by atoms with van der Waals surface area (Å²) in [5.74, 6) is 0.0363. The molecule has 0 saturated heterocycles. The Morgan fingerprint density at radius 3 is 2.53 bits per heavy atom. The Morgan fingerprint density at radius 1 is 1.21 bits per heavy atom. The van der Waals surface area contributed by atoms with Crippen molar-refractivity contribution in [3.8, 4) is 0 Å². The maximum Gasteiger partial charge on any atom is 0.232 e. The predicted octanol–water partition coefficient (Wildman–Crippen LogP) is 1.29. The van der Waals surface area contributed by atoms with Crippen molar-refractivity contribution in [2.45, 2.75) is 25.3 Å². The molecule has 102 valence electrons. The van der Waals surface area contributed by atoms with E-state index in [-0.39, 0.29) is 35.7 Å². The van der Waals surface area contributed by atoms with Gasteiger partial charge in [0, 0.05) is 34.6 Å². The topological polar surface area (TPSA) is 63.2 Å². The largest absolute Gasteiger partial charge is 0.353 e. The molecular formula is C14H17NO3S. The van der Waals surface area contributed by atoms with Crippen LogP contribution in [0.2, 0.25) is 0 Å². The molecule has 1 aliphatic rings. The number of amides is 1. The van der Waals surface area contributed by atoms with Crippen LogP contribution in [-0.2, 0) is 15.6 Å². The SMILES string of the molecule is O=C(CS(=O)CCC(=O)c1ccccc1)NC1CC1. The van der Waals surface area contributed by atoms with Crippen LogP contribution in [0.3, 0.4) is 0 Å². The molecule has 5 heteroatoms. The number of ketones is 1. The van der Waals surface area contributed by atoms with E-state index in [2.05, 4.69) is 5.32 Å². The Kier molecular flexibility index (Phi) is 4.85. The Labute approximate surface area is 115 Å². The number of Topliss-reactive ketones (excluding diaryl/α,β-unsaturated/α-hetero) is 1. The molecule has 0 bridgehead atoms. The van der Waals surface area contributed by atoms with Crippen LogP contribution in [0.1, 0.15) is 29.6 Å². The van der Waals surface area contributed by atoms with Gasteiger partial charge < -0.3 is 5.32 Å². The van der Waals surface area contributed by atoms with Crippen molar-refractivity contribution in [1.82, 2.24) is 5.32 Å². The fourth-order valence-corrected chi connectivity index (χ4v) is 2.62. The number of benzene rings is 1. The van der Waals surface area contributed by atoms with Gasteiger partial charge in [0.25, 0.3) is 0 Å². The van der Waals surface area contributed by atoms with Crippen LogP contribution in [0.5, 0.6) is 0 Å². The maximum absolute atomic E-state index is 11.8. The second-order valence-corrected chi connectivity index (χ2v) is 6.25. The van der Waals surface area contributed by atoms with Gasteiger partial charge in [-0.05, 0) is 12.8 Å². The van der Waals surface area contributed by atoms with Gasteiger partial charge in [-0.1, -0.05) is 30.3 Å². The molecule has 1 aromatic carbocycles. The van der Waals surface area contributed by atoms with Crippen molar-refractivity contribution < 1.29 is 13.8 Å². The van der Waals surface area contributed by atoms with E-state index < -0.39 is 10.8 Å². The smallest absolute Gasteiger partial charge is 0.232 e. The molecule has 1 atom stereocenters. The van der Waals surface area contributed by atoms with Crippen molar-refractivity contribution in [1.29, 1.82) is 0 Å². The van der Waals surface area contributed by atoms with Crippen LogP contribution in [-0.4, -0.2) is 33.4 Å². The maximum atomic E-state index is 11.8. The highest BCUT2D eigenvalue weighted by Gasteiger charge is 2.23. The average molecular weight is 279 g/mol. The molecule has 1 fully saturated rings. The van der Waals surface area contributed by atoms with Crippen molar-refractivity contribution in [3.63, 3.8) is 0 Å². The molecule has 0 aromatic heterocycles. The lowest BCUT2D eigenvalue weighted by Crippen LogP contribution is -2.30. The average Bonchev–Trinajstić information content (AvgIpc) is 3.20. The molecule has 0 aliphatic heterocycles. The highest BCUT2D eigenvalue weighted by Crippen LogP contribution is 2.18. The highest BCUT2D eigenvalue weighted by atomic mass is 32.2. The molecule has 0 spiro atoms. The van der Waals surface area contributed by atoms with Crippen LogP contribution >= 0.6 is 0 Å². The van der Waals surface area contributed by atoms with Crippen LogP contribution in [0.4, 0.5) is 0 Å². The third kappa shape index (κ3) is 4.95. The fraction of sp³-hybridized carbons (Fsp3) is 0.429. The molecule has 4 nitrogen and oxygen atoms in total. The summed E-state index contributed by atoms with van der Waals surface area (Å²) >= 11 is 0. The van der Waals surface area contributed by atoms with E-state index in [4.69, 9.17) is 0 Å². The van der Waals surface area contributed by atoms with Crippen LogP contribution in [0.15, 0.2) is 30.3 Å². The Morgan fingerprint density at radius 2 is 1.89 bits per heavy atom. The molecule has 1 N–H and O–H groups in total. The van der Waals surface area contributed by atoms with Crippen molar-refractivity contribution in [2.75, 3.05) is 11.5 Å².